The van der Waals surface area contributed by atoms with E-state index in [4.69, 9.17) is 27.9 Å². The molecule has 4 aromatic rings. The minimum Gasteiger partial charge on any atom is -0.497 e. The van der Waals surface area contributed by atoms with Crippen molar-refractivity contribution in [2.24, 2.45) is 0 Å². The van der Waals surface area contributed by atoms with Gasteiger partial charge in [0.1, 0.15) is 18.3 Å². The van der Waals surface area contributed by atoms with Gasteiger partial charge < -0.3 is 15.0 Å². The maximum Gasteiger partial charge on any atom is 0.299 e. The maximum absolute atomic E-state index is 14.1. The van der Waals surface area contributed by atoms with Gasteiger partial charge in [0.25, 0.3) is 17.6 Å². The van der Waals surface area contributed by atoms with Crippen molar-refractivity contribution in [3.8, 4) is 5.75 Å². The molecule has 1 aliphatic rings. The highest BCUT2D eigenvalue weighted by Gasteiger charge is 2.39. The molecule has 0 spiro atoms. The smallest absolute Gasteiger partial charge is 0.299 e. The van der Waals surface area contributed by atoms with Crippen LogP contribution in [-0.2, 0) is 20.9 Å². The zero-order valence-electron chi connectivity index (χ0n) is 22.4. The Morgan fingerprint density at radius 1 is 0.857 bits per heavy atom. The summed E-state index contributed by atoms with van der Waals surface area (Å²) in [6.07, 6.45) is 0. The predicted molar refractivity (Wildman–Crippen MR) is 161 cm³/mol. The zero-order chi connectivity index (χ0) is 29.8. The first kappa shape index (κ1) is 28.9. The number of nitrogens with zero attached hydrogens (tertiary/aromatic N) is 2. The van der Waals surface area contributed by atoms with Crippen molar-refractivity contribution in [3.05, 3.63) is 124 Å². The number of amides is 3. The van der Waals surface area contributed by atoms with Crippen LogP contribution in [0.25, 0.3) is 0 Å². The Hall–Kier alpha value is -4.66. The van der Waals surface area contributed by atoms with Crippen molar-refractivity contribution < 1.29 is 23.9 Å². The summed E-state index contributed by atoms with van der Waals surface area (Å²) in [5.41, 5.74) is 2.27. The number of nitrogens with one attached hydrogen (secondary N) is 1. The lowest BCUT2D eigenvalue weighted by Crippen LogP contribution is -2.46. The molecule has 0 saturated carbocycles. The van der Waals surface area contributed by atoms with Gasteiger partial charge in [-0.25, -0.2) is 0 Å². The molecule has 1 atom stereocenters. The highest BCUT2D eigenvalue weighted by atomic mass is 35.5. The van der Waals surface area contributed by atoms with Gasteiger partial charge in [-0.3, -0.25) is 24.1 Å². The molecular weight excluding hydrogens is 577 g/mol. The van der Waals surface area contributed by atoms with Crippen LogP contribution < -0.4 is 15.0 Å². The number of halogens is 2. The Morgan fingerprint density at radius 3 is 2.12 bits per heavy atom. The molecule has 5 rings (SSSR count). The Labute approximate surface area is 252 Å². The number of ketones is 1. The number of para-hydroxylation sites is 1. The normalized spacial score (nSPS) is 13.0. The van der Waals surface area contributed by atoms with Gasteiger partial charge in [-0.2, -0.15) is 0 Å². The average molecular weight is 602 g/mol. The molecule has 4 aromatic carbocycles. The van der Waals surface area contributed by atoms with Crippen LogP contribution in [0.4, 0.5) is 11.4 Å². The molecule has 1 aliphatic heterocycles. The van der Waals surface area contributed by atoms with E-state index < -0.39 is 36.1 Å². The summed E-state index contributed by atoms with van der Waals surface area (Å²) < 4.78 is 5.21. The van der Waals surface area contributed by atoms with Crippen LogP contribution in [0.15, 0.2) is 97.1 Å². The van der Waals surface area contributed by atoms with Gasteiger partial charge >= 0.3 is 0 Å². The third-order valence-electron chi connectivity index (χ3n) is 6.86. The van der Waals surface area contributed by atoms with E-state index in [2.05, 4.69) is 5.32 Å². The molecule has 0 radical (unpaired) electrons. The number of anilines is 2. The molecule has 1 N–H and O–H groups in total. The number of benzene rings is 4. The van der Waals surface area contributed by atoms with E-state index in [1.165, 1.54) is 4.90 Å². The van der Waals surface area contributed by atoms with Gasteiger partial charge in [0.05, 0.1) is 18.4 Å². The Morgan fingerprint density at radius 2 is 1.48 bits per heavy atom. The molecule has 3 amide bonds. The SMILES string of the molecule is COc1ccc(NC(=O)[C@@H](c2ccc(Cl)cc2)N(Cc2ccc(Cl)cc2)C(=O)CN2C(=O)C(=O)c3ccccc32)cc1. The number of hydrogen-bond acceptors (Lipinski definition) is 5. The lowest BCUT2D eigenvalue weighted by Gasteiger charge is -2.33. The van der Waals surface area contributed by atoms with Gasteiger partial charge in [0, 0.05) is 22.3 Å². The van der Waals surface area contributed by atoms with Gasteiger partial charge in [-0.1, -0.05) is 59.6 Å². The largest absolute Gasteiger partial charge is 0.497 e. The topological polar surface area (TPSA) is 96.0 Å². The standard InChI is InChI=1S/C32H25Cl2N3O5/c1-42-25-16-14-24(15-17-25)35-31(40)29(21-8-12-23(34)13-9-21)37(18-20-6-10-22(33)11-7-20)28(38)19-36-27-5-3-2-4-26(27)30(39)32(36)41/h2-17,29H,18-19H2,1H3,(H,35,40)/t29-/m1/s1. The first-order valence-corrected chi connectivity index (χ1v) is 13.7. The second-order valence-corrected chi connectivity index (χ2v) is 10.4. The lowest BCUT2D eigenvalue weighted by atomic mass is 10.0. The molecule has 0 bridgehead atoms. The van der Waals surface area contributed by atoms with Crippen LogP contribution in [-0.4, -0.2) is 42.1 Å². The first-order chi connectivity index (χ1) is 20.2. The predicted octanol–water partition coefficient (Wildman–Crippen LogP) is 5.94. The maximum atomic E-state index is 14.1. The molecule has 0 aromatic heterocycles. The van der Waals surface area contributed by atoms with Crippen LogP contribution in [0.5, 0.6) is 5.75 Å². The van der Waals surface area contributed by atoms with E-state index in [9.17, 15) is 19.2 Å². The average Bonchev–Trinajstić information content (AvgIpc) is 3.24. The summed E-state index contributed by atoms with van der Waals surface area (Å²) >= 11 is 12.2. The molecule has 10 heteroatoms. The highest BCUT2D eigenvalue weighted by Crippen LogP contribution is 2.31. The number of carbonyl (C=O) groups is 4. The molecule has 8 nitrogen and oxygen atoms in total. The van der Waals surface area contributed by atoms with Crippen LogP contribution in [0, 0.1) is 0 Å². The van der Waals surface area contributed by atoms with Gasteiger partial charge in [-0.15, -0.1) is 0 Å². The van der Waals surface area contributed by atoms with Crippen molar-refractivity contribution in [2.45, 2.75) is 12.6 Å². The number of ether oxygens (including phenoxy) is 1. The van der Waals surface area contributed by atoms with E-state index in [0.29, 0.717) is 38.3 Å². The molecule has 0 saturated heterocycles. The number of Topliss-reactive ketones (excluding diaryl/α,β-unsaturated/α-hetero) is 1. The van der Waals surface area contributed by atoms with Crippen molar-refractivity contribution in [3.63, 3.8) is 0 Å². The number of hydrogen-bond donors (Lipinski definition) is 1. The van der Waals surface area contributed by atoms with E-state index >= 15 is 0 Å². The third-order valence-corrected chi connectivity index (χ3v) is 7.37. The fourth-order valence-electron chi connectivity index (χ4n) is 4.74. The quantitative estimate of drug-likeness (QED) is 0.239. The van der Waals surface area contributed by atoms with Crippen molar-refractivity contribution >= 4 is 58.1 Å². The molecular formula is C32H25Cl2N3O5. The number of methoxy groups -OCH3 is 1. The minimum absolute atomic E-state index is 0.0109. The second kappa shape index (κ2) is 12.5. The lowest BCUT2D eigenvalue weighted by molar-refractivity contribution is -0.139. The summed E-state index contributed by atoms with van der Waals surface area (Å²) in [5, 5.41) is 3.86. The third kappa shape index (κ3) is 6.15. The van der Waals surface area contributed by atoms with Crippen LogP contribution >= 0.6 is 23.2 Å². The number of fused-ring (bicyclic) bond motifs is 1. The van der Waals surface area contributed by atoms with Gasteiger partial charge in [0.2, 0.25) is 5.91 Å². The molecule has 0 fully saturated rings. The summed E-state index contributed by atoms with van der Waals surface area (Å²) in [6.45, 7) is -0.438. The van der Waals surface area contributed by atoms with Crippen molar-refractivity contribution in [2.75, 3.05) is 23.9 Å². The molecule has 0 aliphatic carbocycles. The zero-order valence-corrected chi connectivity index (χ0v) is 23.9. The van der Waals surface area contributed by atoms with Crippen LogP contribution in [0.3, 0.4) is 0 Å². The van der Waals surface area contributed by atoms with Crippen molar-refractivity contribution in [1.82, 2.24) is 4.90 Å². The van der Waals surface area contributed by atoms with Gasteiger partial charge in [-0.05, 0) is 71.8 Å². The summed E-state index contributed by atoms with van der Waals surface area (Å²) in [4.78, 5) is 56.1. The molecule has 1 heterocycles. The number of carbonyl (C=O) groups excluding carboxylic acids is 4. The second-order valence-electron chi connectivity index (χ2n) is 9.56. The number of rotatable bonds is 9. The Kier molecular flexibility index (Phi) is 8.56. The van der Waals surface area contributed by atoms with Crippen molar-refractivity contribution in [1.29, 1.82) is 0 Å². The van der Waals surface area contributed by atoms with E-state index in [1.807, 2.05) is 0 Å². The fourth-order valence-corrected chi connectivity index (χ4v) is 5.00. The minimum atomic E-state index is -1.13. The fraction of sp³-hybridized carbons (Fsp3) is 0.125. The molecule has 0 unspecified atom stereocenters. The van der Waals surface area contributed by atoms with E-state index in [0.717, 1.165) is 4.90 Å². The van der Waals surface area contributed by atoms with Crippen LogP contribution in [0.1, 0.15) is 27.5 Å². The Bertz CT molecular complexity index is 1640. The molecule has 42 heavy (non-hydrogen) atoms. The Balaban J connectivity index is 1.54. The van der Waals surface area contributed by atoms with Gasteiger partial charge in [0.15, 0.2) is 0 Å². The monoisotopic (exact) mass is 601 g/mol. The van der Waals surface area contributed by atoms with E-state index in [-0.39, 0.29) is 12.1 Å². The summed E-state index contributed by atoms with van der Waals surface area (Å²) in [6, 6.07) is 25.6. The highest BCUT2D eigenvalue weighted by molar-refractivity contribution is 6.52. The summed E-state index contributed by atoms with van der Waals surface area (Å²) in [5.74, 6) is -1.91. The van der Waals surface area contributed by atoms with E-state index in [1.54, 1.807) is 104 Å². The first-order valence-electron chi connectivity index (χ1n) is 12.9. The summed E-state index contributed by atoms with van der Waals surface area (Å²) in [7, 11) is 1.54. The van der Waals surface area contributed by atoms with Crippen LogP contribution in [0.2, 0.25) is 10.0 Å². The molecule has 212 valence electrons.